The van der Waals surface area contributed by atoms with Crippen LogP contribution in [0.2, 0.25) is 0 Å². The van der Waals surface area contributed by atoms with Gasteiger partial charge in [0.15, 0.2) is 5.96 Å². The molecule has 1 aliphatic heterocycles. The van der Waals surface area contributed by atoms with E-state index in [0.717, 1.165) is 25.5 Å². The molecule has 1 amide bonds. The molecule has 1 heterocycles. The minimum Gasteiger partial charge on any atom is -0.444 e. The molecule has 0 aromatic rings. The van der Waals surface area contributed by atoms with Crippen LogP contribution in [0.15, 0.2) is 4.99 Å². The highest BCUT2D eigenvalue weighted by Crippen LogP contribution is 2.10. The van der Waals surface area contributed by atoms with Gasteiger partial charge >= 0.3 is 6.09 Å². The molecule has 1 atom stereocenters. The van der Waals surface area contributed by atoms with E-state index >= 15 is 0 Å². The van der Waals surface area contributed by atoms with E-state index in [4.69, 9.17) is 4.74 Å². The summed E-state index contributed by atoms with van der Waals surface area (Å²) in [5, 5.41) is 12.9. The van der Waals surface area contributed by atoms with E-state index in [1.165, 1.54) is 0 Å². The number of β-amino-alcohol motifs (C(OH)–C–C–N with tert-alkyl or cyclic N) is 1. The largest absolute Gasteiger partial charge is 0.444 e. The molecule has 0 bridgehead atoms. The van der Waals surface area contributed by atoms with E-state index in [1.807, 2.05) is 34.6 Å². The van der Waals surface area contributed by atoms with Gasteiger partial charge < -0.3 is 25.0 Å². The lowest BCUT2D eigenvalue weighted by Crippen LogP contribution is -2.42. The Labute approximate surface area is 162 Å². The molecule has 24 heavy (non-hydrogen) atoms. The molecule has 0 aromatic heterocycles. The van der Waals surface area contributed by atoms with Gasteiger partial charge in [-0.05, 0) is 41.0 Å². The number of nitrogens with zero attached hydrogens (tertiary/aromatic N) is 3. The van der Waals surface area contributed by atoms with E-state index in [0.29, 0.717) is 26.2 Å². The molecule has 1 fully saturated rings. The number of rotatable bonds is 5. The zero-order valence-corrected chi connectivity index (χ0v) is 17.9. The van der Waals surface area contributed by atoms with Crippen molar-refractivity contribution in [2.24, 2.45) is 4.99 Å². The Morgan fingerprint density at radius 3 is 2.54 bits per heavy atom. The van der Waals surface area contributed by atoms with Crippen LogP contribution in [0, 0.1) is 0 Å². The summed E-state index contributed by atoms with van der Waals surface area (Å²) in [7, 11) is 0. The first kappa shape index (κ1) is 23.2. The molecule has 1 rings (SSSR count). The number of aliphatic hydroxyl groups excluding tert-OH is 1. The van der Waals surface area contributed by atoms with Crippen molar-refractivity contribution >= 4 is 36.0 Å². The third-order valence-corrected chi connectivity index (χ3v) is 3.46. The number of carbonyl (C=O) groups is 1. The van der Waals surface area contributed by atoms with E-state index in [2.05, 4.69) is 15.2 Å². The smallest absolute Gasteiger partial charge is 0.410 e. The van der Waals surface area contributed by atoms with Crippen LogP contribution in [0.5, 0.6) is 0 Å². The monoisotopic (exact) mass is 456 g/mol. The van der Waals surface area contributed by atoms with Crippen molar-refractivity contribution in [3.8, 4) is 0 Å². The molecule has 0 aliphatic carbocycles. The molecule has 1 aliphatic rings. The average molecular weight is 456 g/mol. The number of likely N-dealkylation sites (N-methyl/N-ethyl adjacent to an activating group) is 1. The Kier molecular flexibility index (Phi) is 10.6. The second-order valence-electron chi connectivity index (χ2n) is 6.68. The molecule has 8 heteroatoms. The lowest BCUT2D eigenvalue weighted by atomic mass is 10.2. The molecule has 0 radical (unpaired) electrons. The lowest BCUT2D eigenvalue weighted by molar-refractivity contribution is 0.0266. The van der Waals surface area contributed by atoms with Gasteiger partial charge in [-0.15, -0.1) is 24.0 Å². The number of aliphatic hydroxyl groups is 1. The molecular formula is C16H33IN4O3. The Morgan fingerprint density at radius 1 is 1.42 bits per heavy atom. The average Bonchev–Trinajstić information content (AvgIpc) is 2.86. The Hall–Kier alpha value is -0.770. The van der Waals surface area contributed by atoms with Gasteiger partial charge in [0.1, 0.15) is 5.60 Å². The summed E-state index contributed by atoms with van der Waals surface area (Å²) in [6, 6.07) is 0. The fourth-order valence-electron chi connectivity index (χ4n) is 2.34. The summed E-state index contributed by atoms with van der Waals surface area (Å²) in [6.07, 6.45) is 0.174. The standard InChI is InChI=1S/C16H32N4O3.HI/c1-6-17-14(20-10-8-13(21)12-20)18-9-11-19(7-2)15(22)23-16(3,4)5;/h13,21H,6-12H2,1-5H3,(H,17,18);1H/t13-;/m1./s1. The molecule has 0 aromatic carbocycles. The first-order valence-electron chi connectivity index (χ1n) is 8.46. The zero-order chi connectivity index (χ0) is 17.5. The number of guanidine groups is 1. The minimum absolute atomic E-state index is 0. The maximum absolute atomic E-state index is 12.1. The van der Waals surface area contributed by atoms with Crippen molar-refractivity contribution in [3.05, 3.63) is 0 Å². The highest BCUT2D eigenvalue weighted by atomic mass is 127. The quantitative estimate of drug-likeness (QED) is 0.376. The van der Waals surface area contributed by atoms with Crippen molar-refractivity contribution in [3.63, 3.8) is 0 Å². The van der Waals surface area contributed by atoms with Crippen LogP contribution in [0.1, 0.15) is 41.0 Å². The van der Waals surface area contributed by atoms with E-state index in [9.17, 15) is 9.90 Å². The molecule has 0 spiro atoms. The Balaban J connectivity index is 0.00000529. The summed E-state index contributed by atoms with van der Waals surface area (Å²) >= 11 is 0. The van der Waals surface area contributed by atoms with E-state index in [-0.39, 0.29) is 36.2 Å². The zero-order valence-electron chi connectivity index (χ0n) is 15.5. The number of halogens is 1. The number of amides is 1. The number of hydrogen-bond donors (Lipinski definition) is 2. The molecule has 2 N–H and O–H groups in total. The normalized spacial score (nSPS) is 18.2. The lowest BCUT2D eigenvalue weighted by Gasteiger charge is -2.26. The van der Waals surface area contributed by atoms with E-state index in [1.54, 1.807) is 4.90 Å². The van der Waals surface area contributed by atoms with Gasteiger partial charge in [0.25, 0.3) is 0 Å². The third kappa shape index (κ3) is 8.36. The van der Waals surface area contributed by atoms with Gasteiger partial charge in [-0.25, -0.2) is 4.79 Å². The molecule has 1 saturated heterocycles. The number of nitrogens with one attached hydrogen (secondary N) is 1. The molecular weight excluding hydrogens is 423 g/mol. The maximum atomic E-state index is 12.1. The van der Waals surface area contributed by atoms with Crippen LogP contribution in [0.25, 0.3) is 0 Å². The summed E-state index contributed by atoms with van der Waals surface area (Å²) < 4.78 is 5.39. The maximum Gasteiger partial charge on any atom is 0.410 e. The summed E-state index contributed by atoms with van der Waals surface area (Å²) in [6.45, 7) is 13.3. The van der Waals surface area contributed by atoms with Gasteiger partial charge in [-0.1, -0.05) is 0 Å². The van der Waals surface area contributed by atoms with Crippen molar-refractivity contribution in [1.29, 1.82) is 0 Å². The molecule has 0 saturated carbocycles. The second kappa shape index (κ2) is 11.0. The number of likely N-dealkylation sites (tertiary alicyclic amines) is 1. The number of hydrogen-bond acceptors (Lipinski definition) is 4. The number of carbonyl (C=O) groups excluding carboxylic acids is 1. The van der Waals surface area contributed by atoms with Crippen LogP contribution in [-0.4, -0.2) is 77.9 Å². The molecule has 142 valence electrons. The van der Waals surface area contributed by atoms with Gasteiger partial charge in [0, 0.05) is 32.7 Å². The van der Waals surface area contributed by atoms with Crippen LogP contribution in [0.3, 0.4) is 0 Å². The van der Waals surface area contributed by atoms with Crippen molar-refractivity contribution in [2.75, 3.05) is 39.3 Å². The van der Waals surface area contributed by atoms with Gasteiger partial charge in [0.05, 0.1) is 12.6 Å². The minimum atomic E-state index is -0.492. The highest BCUT2D eigenvalue weighted by molar-refractivity contribution is 14.0. The predicted octanol–water partition coefficient (Wildman–Crippen LogP) is 1.89. The van der Waals surface area contributed by atoms with Crippen LogP contribution in [-0.2, 0) is 4.74 Å². The summed E-state index contributed by atoms with van der Waals surface area (Å²) in [5.74, 6) is 0.796. The highest BCUT2D eigenvalue weighted by Gasteiger charge is 2.23. The van der Waals surface area contributed by atoms with Crippen LogP contribution in [0.4, 0.5) is 4.79 Å². The molecule has 0 unspecified atom stereocenters. The number of aliphatic imine (C=N–C) groups is 1. The van der Waals surface area contributed by atoms with Gasteiger partial charge in [0.2, 0.25) is 0 Å². The number of ether oxygens (including phenoxy) is 1. The van der Waals surface area contributed by atoms with Crippen molar-refractivity contribution < 1.29 is 14.6 Å². The topological polar surface area (TPSA) is 77.4 Å². The summed E-state index contributed by atoms with van der Waals surface area (Å²) in [4.78, 5) is 20.4. The van der Waals surface area contributed by atoms with Crippen LogP contribution < -0.4 is 5.32 Å². The van der Waals surface area contributed by atoms with Crippen molar-refractivity contribution in [2.45, 2.75) is 52.7 Å². The van der Waals surface area contributed by atoms with Crippen LogP contribution >= 0.6 is 24.0 Å². The fraction of sp³-hybridized carbons (Fsp3) is 0.875. The molecule has 7 nitrogen and oxygen atoms in total. The first-order chi connectivity index (χ1) is 10.8. The third-order valence-electron chi connectivity index (χ3n) is 3.46. The van der Waals surface area contributed by atoms with Crippen molar-refractivity contribution in [1.82, 2.24) is 15.1 Å². The van der Waals surface area contributed by atoms with Gasteiger partial charge in [-0.2, -0.15) is 0 Å². The Bertz CT molecular complexity index is 413. The fourth-order valence-corrected chi connectivity index (χ4v) is 2.34. The Morgan fingerprint density at radius 2 is 2.08 bits per heavy atom. The SMILES string of the molecule is CCNC(=NCCN(CC)C(=O)OC(C)(C)C)N1CC[C@@H](O)C1.I. The van der Waals surface area contributed by atoms with E-state index < -0.39 is 5.60 Å². The summed E-state index contributed by atoms with van der Waals surface area (Å²) in [5.41, 5.74) is -0.492. The predicted molar refractivity (Wildman–Crippen MR) is 107 cm³/mol. The first-order valence-corrected chi connectivity index (χ1v) is 8.46. The van der Waals surface area contributed by atoms with Gasteiger partial charge in [-0.3, -0.25) is 4.99 Å². The second-order valence-corrected chi connectivity index (χ2v) is 6.68.